The molecule has 4 rings (SSSR count). The van der Waals surface area contributed by atoms with Crippen LogP contribution in [-0.2, 0) is 0 Å². The lowest BCUT2D eigenvalue weighted by Gasteiger charge is -2.54. The van der Waals surface area contributed by atoms with Crippen LogP contribution in [-0.4, -0.2) is 12.1 Å². The number of fused-ring (bicyclic) bond motifs is 2. The van der Waals surface area contributed by atoms with Crippen LogP contribution in [0.15, 0.2) is 0 Å². The molecular weight excluding hydrogens is 98.1 g/mol. The van der Waals surface area contributed by atoms with E-state index >= 15 is 0 Å². The monoisotopic (exact) mass is 107 g/mol. The molecule has 0 spiro atoms. The molecule has 0 bridgehead atoms. The molecule has 4 fully saturated rings. The molecule has 0 radical (unpaired) electrons. The summed E-state index contributed by atoms with van der Waals surface area (Å²) < 4.78 is 0. The molecule has 6 unspecified atom stereocenters. The zero-order valence-electron chi connectivity index (χ0n) is 4.67. The fourth-order valence-corrected chi connectivity index (χ4v) is 3.64. The van der Waals surface area contributed by atoms with Crippen molar-refractivity contribution < 1.29 is 0 Å². The molecule has 1 N–H and O–H groups in total. The van der Waals surface area contributed by atoms with Crippen molar-refractivity contribution >= 4 is 0 Å². The number of piperidine rings is 2. The van der Waals surface area contributed by atoms with Gasteiger partial charge >= 0.3 is 0 Å². The summed E-state index contributed by atoms with van der Waals surface area (Å²) in [6.45, 7) is 0. The largest absolute Gasteiger partial charge is 0.310 e. The Morgan fingerprint density at radius 1 is 1.12 bits per heavy atom. The van der Waals surface area contributed by atoms with Crippen molar-refractivity contribution in [1.82, 2.24) is 5.32 Å². The highest BCUT2D eigenvalue weighted by Crippen LogP contribution is 2.76. The molecular formula is C7H9N. The molecule has 0 aromatic carbocycles. The molecule has 1 aliphatic heterocycles. The Labute approximate surface area is 48.5 Å². The van der Waals surface area contributed by atoms with Crippen LogP contribution in [0.2, 0.25) is 0 Å². The van der Waals surface area contributed by atoms with Gasteiger partial charge in [0.15, 0.2) is 0 Å². The summed E-state index contributed by atoms with van der Waals surface area (Å²) in [6, 6.07) is 2.03. The van der Waals surface area contributed by atoms with E-state index in [0.717, 1.165) is 12.1 Å². The van der Waals surface area contributed by atoms with Gasteiger partial charge in [-0.2, -0.15) is 0 Å². The van der Waals surface area contributed by atoms with Crippen LogP contribution in [0.4, 0.5) is 0 Å². The maximum atomic E-state index is 3.60. The number of hydrogen-bond acceptors (Lipinski definition) is 1. The molecule has 3 saturated carbocycles. The molecule has 6 atom stereocenters. The molecule has 1 saturated heterocycles. The minimum atomic E-state index is 1.000. The Hall–Kier alpha value is -0.0400. The lowest BCUT2D eigenvalue weighted by atomic mass is 9.66. The molecule has 4 aliphatic rings. The topological polar surface area (TPSA) is 12.0 Å². The summed E-state index contributed by atoms with van der Waals surface area (Å²) in [5, 5.41) is 3.60. The quantitative estimate of drug-likeness (QED) is 0.467. The first kappa shape index (κ1) is 3.21. The van der Waals surface area contributed by atoms with Gasteiger partial charge in [0.2, 0.25) is 0 Å². The molecule has 1 nitrogen and oxygen atoms in total. The van der Waals surface area contributed by atoms with Gasteiger partial charge in [-0.1, -0.05) is 0 Å². The van der Waals surface area contributed by atoms with E-state index in [1.807, 2.05) is 0 Å². The fourth-order valence-electron chi connectivity index (χ4n) is 3.64. The van der Waals surface area contributed by atoms with Crippen molar-refractivity contribution in [3.63, 3.8) is 0 Å². The second-order valence-electron chi connectivity index (χ2n) is 3.93. The second kappa shape index (κ2) is 0.621. The molecule has 0 amide bonds. The predicted octanol–water partition coefficient (Wildman–Crippen LogP) is 0.222. The fraction of sp³-hybridized carbons (Fsp3) is 1.00. The van der Waals surface area contributed by atoms with E-state index < -0.39 is 0 Å². The summed E-state index contributed by atoms with van der Waals surface area (Å²) in [4.78, 5) is 0. The van der Waals surface area contributed by atoms with Crippen LogP contribution in [0, 0.1) is 23.7 Å². The van der Waals surface area contributed by atoms with Gasteiger partial charge in [0.1, 0.15) is 0 Å². The summed E-state index contributed by atoms with van der Waals surface area (Å²) in [5.41, 5.74) is 0. The van der Waals surface area contributed by atoms with Crippen LogP contribution < -0.4 is 5.32 Å². The molecule has 1 heterocycles. The highest BCUT2D eigenvalue weighted by atomic mass is 15.2. The summed E-state index contributed by atoms with van der Waals surface area (Å²) >= 11 is 0. The van der Waals surface area contributed by atoms with Crippen molar-refractivity contribution in [3.05, 3.63) is 0 Å². The Balaban J connectivity index is 2.00. The predicted molar refractivity (Wildman–Crippen MR) is 29.3 cm³/mol. The Kier molecular flexibility index (Phi) is 0.249. The van der Waals surface area contributed by atoms with Gasteiger partial charge in [-0.05, 0) is 30.1 Å². The van der Waals surface area contributed by atoms with Gasteiger partial charge in [-0.3, -0.25) is 0 Å². The van der Waals surface area contributed by atoms with E-state index in [4.69, 9.17) is 0 Å². The number of hydrogen-bond donors (Lipinski definition) is 1. The third-order valence-corrected chi connectivity index (χ3v) is 3.96. The summed E-state index contributed by atoms with van der Waals surface area (Å²) in [6.07, 6.45) is 1.54. The van der Waals surface area contributed by atoms with Crippen LogP contribution in [0.1, 0.15) is 6.42 Å². The maximum Gasteiger partial charge on any atom is 0.0150 e. The first-order chi connectivity index (χ1) is 3.97. The summed E-state index contributed by atoms with van der Waals surface area (Å²) in [7, 11) is 0. The van der Waals surface area contributed by atoms with E-state index in [9.17, 15) is 0 Å². The highest BCUT2D eigenvalue weighted by Gasteiger charge is 2.80. The lowest BCUT2D eigenvalue weighted by Crippen LogP contribution is -2.69. The molecule has 3 aliphatic carbocycles. The van der Waals surface area contributed by atoms with Crippen molar-refractivity contribution in [2.24, 2.45) is 23.7 Å². The average molecular weight is 107 g/mol. The Morgan fingerprint density at radius 3 is 2.38 bits per heavy atom. The number of rotatable bonds is 0. The van der Waals surface area contributed by atoms with E-state index in [2.05, 4.69) is 5.32 Å². The second-order valence-corrected chi connectivity index (χ2v) is 3.93. The Bertz CT molecular complexity index is 152. The van der Waals surface area contributed by atoms with Crippen molar-refractivity contribution in [1.29, 1.82) is 0 Å². The molecule has 42 valence electrons. The van der Waals surface area contributed by atoms with Crippen molar-refractivity contribution in [3.8, 4) is 0 Å². The van der Waals surface area contributed by atoms with E-state index in [-0.39, 0.29) is 0 Å². The van der Waals surface area contributed by atoms with Crippen LogP contribution in [0.3, 0.4) is 0 Å². The van der Waals surface area contributed by atoms with Crippen molar-refractivity contribution in [2.75, 3.05) is 0 Å². The van der Waals surface area contributed by atoms with Crippen molar-refractivity contribution in [2.45, 2.75) is 18.5 Å². The third kappa shape index (κ3) is 0.127. The van der Waals surface area contributed by atoms with E-state index in [1.165, 1.54) is 30.1 Å². The van der Waals surface area contributed by atoms with Gasteiger partial charge in [0, 0.05) is 12.1 Å². The van der Waals surface area contributed by atoms with Crippen LogP contribution in [0.25, 0.3) is 0 Å². The molecule has 1 heteroatoms. The highest BCUT2D eigenvalue weighted by molar-refractivity contribution is 5.33. The minimum absolute atomic E-state index is 1.000. The van der Waals surface area contributed by atoms with Gasteiger partial charge in [0.25, 0.3) is 0 Å². The SMILES string of the molecule is C1C2NC3C2C2C1C32. The van der Waals surface area contributed by atoms with Gasteiger partial charge < -0.3 is 5.32 Å². The summed E-state index contributed by atoms with van der Waals surface area (Å²) in [5.74, 6) is 4.83. The van der Waals surface area contributed by atoms with Crippen LogP contribution >= 0.6 is 0 Å². The van der Waals surface area contributed by atoms with Gasteiger partial charge in [-0.25, -0.2) is 0 Å². The average Bonchev–Trinajstić information content (AvgIpc) is 2.32. The first-order valence-corrected chi connectivity index (χ1v) is 3.73. The first-order valence-electron chi connectivity index (χ1n) is 3.73. The zero-order chi connectivity index (χ0) is 4.88. The molecule has 8 heavy (non-hydrogen) atoms. The lowest BCUT2D eigenvalue weighted by molar-refractivity contribution is 0.0216. The maximum absolute atomic E-state index is 3.60. The van der Waals surface area contributed by atoms with E-state index in [1.54, 1.807) is 0 Å². The third-order valence-electron chi connectivity index (χ3n) is 3.96. The van der Waals surface area contributed by atoms with Gasteiger partial charge in [-0.15, -0.1) is 0 Å². The molecule has 0 aromatic heterocycles. The zero-order valence-corrected chi connectivity index (χ0v) is 4.67. The normalized spacial score (nSPS) is 87.0. The minimum Gasteiger partial charge on any atom is -0.310 e. The smallest absolute Gasteiger partial charge is 0.0150 e. The Morgan fingerprint density at radius 2 is 2.12 bits per heavy atom. The van der Waals surface area contributed by atoms with E-state index in [0.29, 0.717) is 0 Å². The van der Waals surface area contributed by atoms with Gasteiger partial charge in [0.05, 0.1) is 0 Å². The van der Waals surface area contributed by atoms with Crippen LogP contribution in [0.5, 0.6) is 0 Å². The standard InChI is InChI=1S/C7H9N/c1-2-4-5(2)7-6(4)3(1)8-7/h2-8H,1H2. The number of nitrogens with one attached hydrogen (secondary N) is 1. The molecule has 0 aromatic rings.